The highest BCUT2D eigenvalue weighted by Crippen LogP contribution is 2.37. The van der Waals surface area contributed by atoms with Gasteiger partial charge >= 0.3 is 0 Å². The number of fused-ring (bicyclic) bond motifs is 1. The molecule has 2 heterocycles. The maximum absolute atomic E-state index is 6.12. The molecule has 0 unspecified atom stereocenters. The first-order valence-electron chi connectivity index (χ1n) is 6.48. The van der Waals surface area contributed by atoms with Crippen molar-refractivity contribution in [1.29, 1.82) is 0 Å². The van der Waals surface area contributed by atoms with E-state index >= 15 is 0 Å². The van der Waals surface area contributed by atoms with Crippen molar-refractivity contribution in [2.45, 2.75) is 45.5 Å². The average Bonchev–Trinajstić information content (AvgIpc) is 2.68. The number of rotatable bonds is 3. The smallest absolute Gasteiger partial charge is 0.227 e. The third-order valence-corrected chi connectivity index (χ3v) is 9.00. The van der Waals surface area contributed by atoms with Gasteiger partial charge in [0, 0.05) is 5.39 Å². The molecule has 0 aliphatic heterocycles. The van der Waals surface area contributed by atoms with E-state index in [0.717, 1.165) is 11.1 Å². The van der Waals surface area contributed by atoms with E-state index in [2.05, 4.69) is 38.8 Å². The minimum Gasteiger partial charge on any atom is -0.440 e. The molecule has 0 aliphatic carbocycles. The van der Waals surface area contributed by atoms with Gasteiger partial charge in [0.15, 0.2) is 13.5 Å². The quantitative estimate of drug-likeness (QED) is 0.537. The summed E-state index contributed by atoms with van der Waals surface area (Å²) in [6.07, 6.45) is 0. The standard InChI is InChI=1S/C14H19Cl2NO2Si/c1-14(2,3)20(4,5)18-8-10-6-9-7-11(15)12(16)17-13(9)19-10/h6-7H,8H2,1-5H3. The second kappa shape index (κ2) is 5.33. The lowest BCUT2D eigenvalue weighted by molar-refractivity contribution is 0.249. The molecule has 6 heteroatoms. The fourth-order valence-electron chi connectivity index (χ4n) is 1.52. The highest BCUT2D eigenvalue weighted by atomic mass is 35.5. The zero-order valence-electron chi connectivity index (χ0n) is 12.4. The topological polar surface area (TPSA) is 35.3 Å². The van der Waals surface area contributed by atoms with Gasteiger partial charge < -0.3 is 8.84 Å². The molecule has 0 bridgehead atoms. The van der Waals surface area contributed by atoms with E-state index in [-0.39, 0.29) is 10.2 Å². The highest BCUT2D eigenvalue weighted by Gasteiger charge is 2.37. The minimum atomic E-state index is -1.79. The largest absolute Gasteiger partial charge is 0.440 e. The van der Waals surface area contributed by atoms with Crippen LogP contribution < -0.4 is 0 Å². The van der Waals surface area contributed by atoms with Crippen LogP contribution >= 0.6 is 23.2 Å². The van der Waals surface area contributed by atoms with Gasteiger partial charge in [-0.05, 0) is 30.3 Å². The zero-order chi connectivity index (χ0) is 15.1. The SMILES string of the molecule is CC(C)(C)[Si](C)(C)OCc1cc2cc(Cl)c(Cl)nc2o1. The second-order valence-corrected chi connectivity index (χ2v) is 12.0. The first-order chi connectivity index (χ1) is 9.10. The van der Waals surface area contributed by atoms with Crippen molar-refractivity contribution in [3.8, 4) is 0 Å². The monoisotopic (exact) mass is 331 g/mol. The maximum atomic E-state index is 6.12. The van der Waals surface area contributed by atoms with Gasteiger partial charge in [-0.25, -0.2) is 0 Å². The summed E-state index contributed by atoms with van der Waals surface area (Å²) in [4.78, 5) is 4.11. The Balaban J connectivity index is 2.19. The number of pyridine rings is 1. The van der Waals surface area contributed by atoms with E-state index in [1.54, 1.807) is 6.07 Å². The van der Waals surface area contributed by atoms with Crippen molar-refractivity contribution >= 4 is 42.6 Å². The van der Waals surface area contributed by atoms with Crippen LogP contribution in [-0.4, -0.2) is 13.3 Å². The van der Waals surface area contributed by atoms with E-state index in [4.69, 9.17) is 32.0 Å². The zero-order valence-corrected chi connectivity index (χ0v) is 14.9. The lowest BCUT2D eigenvalue weighted by atomic mass is 10.2. The summed E-state index contributed by atoms with van der Waals surface area (Å²) >= 11 is 11.8. The third-order valence-electron chi connectivity index (χ3n) is 3.85. The molecule has 0 aliphatic rings. The summed E-state index contributed by atoms with van der Waals surface area (Å²) in [5.41, 5.74) is 0.494. The summed E-state index contributed by atoms with van der Waals surface area (Å²) in [6.45, 7) is 11.5. The minimum absolute atomic E-state index is 0.171. The van der Waals surface area contributed by atoms with Crippen molar-refractivity contribution < 1.29 is 8.84 Å². The Labute approximate surface area is 130 Å². The number of halogens is 2. The van der Waals surface area contributed by atoms with Crippen molar-refractivity contribution in [1.82, 2.24) is 4.98 Å². The van der Waals surface area contributed by atoms with E-state index < -0.39 is 8.32 Å². The van der Waals surface area contributed by atoms with Crippen molar-refractivity contribution in [3.63, 3.8) is 0 Å². The normalized spacial score (nSPS) is 13.2. The van der Waals surface area contributed by atoms with Crippen LogP contribution in [0.4, 0.5) is 0 Å². The van der Waals surface area contributed by atoms with Crippen molar-refractivity contribution in [2.24, 2.45) is 0 Å². The van der Waals surface area contributed by atoms with Gasteiger partial charge in [0.1, 0.15) is 5.76 Å². The van der Waals surface area contributed by atoms with Crippen LogP contribution in [0.3, 0.4) is 0 Å². The Kier molecular flexibility index (Phi) is 4.22. The van der Waals surface area contributed by atoms with Gasteiger partial charge in [-0.3, -0.25) is 0 Å². The van der Waals surface area contributed by atoms with Crippen LogP contribution in [0, 0.1) is 0 Å². The Morgan fingerprint density at radius 1 is 1.25 bits per heavy atom. The molecule has 2 aromatic heterocycles. The van der Waals surface area contributed by atoms with E-state index in [9.17, 15) is 0 Å². The van der Waals surface area contributed by atoms with Gasteiger partial charge in [0.2, 0.25) is 5.71 Å². The Hall–Kier alpha value is -0.553. The summed E-state index contributed by atoms with van der Waals surface area (Å²) in [6, 6.07) is 3.66. The average molecular weight is 332 g/mol. The molecule has 0 radical (unpaired) electrons. The molecule has 2 rings (SSSR count). The molecule has 0 saturated heterocycles. The van der Waals surface area contributed by atoms with Crippen molar-refractivity contribution in [2.75, 3.05) is 0 Å². The van der Waals surface area contributed by atoms with Gasteiger partial charge in [-0.1, -0.05) is 44.0 Å². The fourth-order valence-corrected chi connectivity index (χ4v) is 2.74. The molecule has 0 saturated carbocycles. The number of aromatic nitrogens is 1. The molecule has 3 nitrogen and oxygen atoms in total. The van der Waals surface area contributed by atoms with Crippen molar-refractivity contribution in [3.05, 3.63) is 28.1 Å². The van der Waals surface area contributed by atoms with Gasteiger partial charge in [-0.2, -0.15) is 4.98 Å². The fraction of sp³-hybridized carbons (Fsp3) is 0.500. The Morgan fingerprint density at radius 3 is 2.50 bits per heavy atom. The summed E-state index contributed by atoms with van der Waals surface area (Å²) in [7, 11) is -1.79. The highest BCUT2D eigenvalue weighted by molar-refractivity contribution is 6.74. The van der Waals surface area contributed by atoms with Crippen LogP contribution in [0.1, 0.15) is 26.5 Å². The predicted molar refractivity (Wildman–Crippen MR) is 86.0 cm³/mol. The Bertz CT molecular complexity index is 593. The molecule has 0 N–H and O–H groups in total. The number of hydrogen-bond donors (Lipinski definition) is 0. The second-order valence-electron chi connectivity index (χ2n) is 6.42. The van der Waals surface area contributed by atoms with Gasteiger partial charge in [0.25, 0.3) is 0 Å². The summed E-state index contributed by atoms with van der Waals surface area (Å²) in [5, 5.41) is 1.69. The first-order valence-corrected chi connectivity index (χ1v) is 10.1. The molecule has 110 valence electrons. The molecule has 20 heavy (non-hydrogen) atoms. The van der Waals surface area contributed by atoms with Crippen LogP contribution in [0.15, 0.2) is 16.5 Å². The molecule has 0 atom stereocenters. The van der Waals surface area contributed by atoms with Crippen LogP contribution in [0.5, 0.6) is 0 Å². The molecule has 0 amide bonds. The van der Waals surface area contributed by atoms with Crippen LogP contribution in [-0.2, 0) is 11.0 Å². The van der Waals surface area contributed by atoms with E-state index in [1.165, 1.54) is 0 Å². The number of hydrogen-bond acceptors (Lipinski definition) is 3. The molecule has 0 spiro atoms. The maximum Gasteiger partial charge on any atom is 0.227 e. The number of furan rings is 1. The van der Waals surface area contributed by atoms with Crippen LogP contribution in [0.2, 0.25) is 28.3 Å². The van der Waals surface area contributed by atoms with E-state index in [1.807, 2.05) is 6.07 Å². The first kappa shape index (κ1) is 15.8. The molecular weight excluding hydrogens is 313 g/mol. The molecular formula is C14H19Cl2NO2Si. The Morgan fingerprint density at radius 2 is 1.90 bits per heavy atom. The lowest BCUT2D eigenvalue weighted by Gasteiger charge is -2.35. The molecule has 0 aromatic carbocycles. The molecule has 0 fully saturated rings. The summed E-state index contributed by atoms with van der Waals surface area (Å²) in [5.74, 6) is 0.746. The third kappa shape index (κ3) is 3.19. The predicted octanol–water partition coefficient (Wildman–Crippen LogP) is 5.66. The summed E-state index contributed by atoms with van der Waals surface area (Å²) < 4.78 is 11.8. The number of nitrogens with zero attached hydrogens (tertiary/aromatic N) is 1. The van der Waals surface area contributed by atoms with Crippen LogP contribution in [0.25, 0.3) is 11.1 Å². The lowest BCUT2D eigenvalue weighted by Crippen LogP contribution is -2.40. The van der Waals surface area contributed by atoms with E-state index in [0.29, 0.717) is 17.3 Å². The van der Waals surface area contributed by atoms with Gasteiger partial charge in [-0.15, -0.1) is 0 Å². The van der Waals surface area contributed by atoms with Gasteiger partial charge in [0.05, 0.1) is 11.6 Å². The molecule has 2 aromatic rings.